The van der Waals surface area contributed by atoms with Crippen molar-refractivity contribution in [1.82, 2.24) is 9.80 Å². The number of hydrogen-bond donors (Lipinski definition) is 2. The van der Waals surface area contributed by atoms with E-state index >= 15 is 0 Å². The van der Waals surface area contributed by atoms with Gasteiger partial charge >= 0.3 is 6.09 Å². The van der Waals surface area contributed by atoms with Gasteiger partial charge < -0.3 is 20.0 Å². The molecule has 2 amide bonds. The molecule has 1 aromatic rings. The highest BCUT2D eigenvalue weighted by atomic mass is 35.5. The molecule has 0 spiro atoms. The summed E-state index contributed by atoms with van der Waals surface area (Å²) in [7, 11) is 0. The van der Waals surface area contributed by atoms with Gasteiger partial charge in [0.25, 0.3) is 0 Å². The van der Waals surface area contributed by atoms with Gasteiger partial charge in [0.1, 0.15) is 0 Å². The first-order valence-corrected chi connectivity index (χ1v) is 13.7. The fourth-order valence-electron chi connectivity index (χ4n) is 7.07. The lowest BCUT2D eigenvalue weighted by molar-refractivity contribution is -0.146. The Morgan fingerprint density at radius 2 is 1.74 bits per heavy atom. The number of nitrogens with zero attached hydrogens (tertiary/aromatic N) is 2. The number of likely N-dealkylation sites (tertiary alicyclic amines) is 1. The Hall–Kier alpha value is -1.79. The van der Waals surface area contributed by atoms with E-state index in [0.29, 0.717) is 55.6 Å². The van der Waals surface area contributed by atoms with Gasteiger partial charge in [0.15, 0.2) is 0 Å². The molecule has 4 unspecified atom stereocenters. The quantitative estimate of drug-likeness (QED) is 0.533. The predicted octanol–water partition coefficient (Wildman–Crippen LogP) is 5.91. The molecule has 0 aromatic heterocycles. The number of carbonyl (C=O) groups excluding carboxylic acids is 1. The van der Waals surface area contributed by atoms with Crippen molar-refractivity contribution in [2.45, 2.75) is 102 Å². The Bertz CT molecular complexity index is 924. The van der Waals surface area contributed by atoms with Crippen molar-refractivity contribution >= 4 is 23.6 Å². The second-order valence-electron chi connectivity index (χ2n) is 12.0. The first-order valence-electron chi connectivity index (χ1n) is 13.3. The maximum absolute atomic E-state index is 14.1. The number of halogens is 1. The van der Waals surface area contributed by atoms with Crippen LogP contribution in [0.25, 0.3) is 0 Å². The molecule has 6 nitrogen and oxygen atoms in total. The Morgan fingerprint density at radius 3 is 2.34 bits per heavy atom. The molecular formula is C28H41ClN2O4. The van der Waals surface area contributed by atoms with Crippen molar-refractivity contribution in [3.05, 3.63) is 34.9 Å². The number of rotatable bonds is 4. The number of hydrogen-bond acceptors (Lipinski definition) is 3. The maximum Gasteiger partial charge on any atom is 0.407 e. The van der Waals surface area contributed by atoms with Crippen LogP contribution in [0.15, 0.2) is 24.3 Å². The summed E-state index contributed by atoms with van der Waals surface area (Å²) in [5.74, 6) is 0.423. The molecule has 2 saturated carbocycles. The van der Waals surface area contributed by atoms with Gasteiger partial charge in [-0.25, -0.2) is 4.79 Å². The zero-order chi connectivity index (χ0) is 25.4. The van der Waals surface area contributed by atoms with Crippen LogP contribution in [-0.2, 0) is 4.79 Å². The molecule has 4 rings (SSSR count). The fourth-order valence-corrected chi connectivity index (χ4v) is 7.27. The van der Waals surface area contributed by atoms with Gasteiger partial charge in [-0.3, -0.25) is 4.79 Å². The minimum atomic E-state index is -1.09. The summed E-state index contributed by atoms with van der Waals surface area (Å²) in [6.07, 6.45) is 7.37. The number of carbonyl (C=O) groups is 2. The highest BCUT2D eigenvalue weighted by Crippen LogP contribution is 2.50. The summed E-state index contributed by atoms with van der Waals surface area (Å²) in [5.41, 5.74) is -0.807. The van der Waals surface area contributed by atoms with Crippen LogP contribution in [0.5, 0.6) is 0 Å². The van der Waals surface area contributed by atoms with Crippen molar-refractivity contribution in [2.75, 3.05) is 13.1 Å². The van der Waals surface area contributed by atoms with E-state index in [9.17, 15) is 19.8 Å². The van der Waals surface area contributed by atoms with Crippen LogP contribution in [0.3, 0.4) is 0 Å². The monoisotopic (exact) mass is 504 g/mol. The third-order valence-corrected chi connectivity index (χ3v) is 8.90. The average Bonchev–Trinajstić information content (AvgIpc) is 2.78. The predicted molar refractivity (Wildman–Crippen MR) is 138 cm³/mol. The zero-order valence-electron chi connectivity index (χ0n) is 21.4. The molecular weight excluding hydrogens is 464 g/mol. The molecule has 1 aliphatic heterocycles. The van der Waals surface area contributed by atoms with Gasteiger partial charge in [-0.1, -0.05) is 49.4 Å². The number of carboxylic acid groups (broad SMARTS) is 1. The molecule has 3 aliphatic rings. The topological polar surface area (TPSA) is 81.1 Å². The van der Waals surface area contributed by atoms with E-state index < -0.39 is 23.2 Å². The Labute approximate surface area is 214 Å². The minimum Gasteiger partial charge on any atom is -0.465 e. The van der Waals surface area contributed by atoms with E-state index in [1.165, 1.54) is 24.2 Å². The van der Waals surface area contributed by atoms with Gasteiger partial charge in [-0.2, -0.15) is 0 Å². The SMILES string of the molecule is CC(C)(C)N(C(=O)O)C1CCN(C(=O)C(c2cccc(Cl)c2)C2(O)CCC3CCCCC3C2)CC1. The molecule has 1 saturated heterocycles. The maximum atomic E-state index is 14.1. The summed E-state index contributed by atoms with van der Waals surface area (Å²) in [6, 6.07) is 7.27. The van der Waals surface area contributed by atoms with Crippen LogP contribution >= 0.6 is 11.6 Å². The minimum absolute atomic E-state index is 0.0555. The van der Waals surface area contributed by atoms with Crippen LogP contribution in [0.1, 0.15) is 90.0 Å². The summed E-state index contributed by atoms with van der Waals surface area (Å²) >= 11 is 6.33. The van der Waals surface area contributed by atoms with Gasteiger partial charge in [-0.05, 0) is 82.4 Å². The number of amides is 2. The lowest BCUT2D eigenvalue weighted by atomic mass is 9.61. The van der Waals surface area contributed by atoms with Crippen LogP contribution in [0.4, 0.5) is 4.79 Å². The largest absolute Gasteiger partial charge is 0.465 e. The summed E-state index contributed by atoms with van der Waals surface area (Å²) < 4.78 is 0. The number of fused-ring (bicyclic) bond motifs is 1. The molecule has 7 heteroatoms. The lowest BCUT2D eigenvalue weighted by Crippen LogP contribution is -2.57. The van der Waals surface area contributed by atoms with E-state index in [-0.39, 0.29) is 11.9 Å². The standard InChI is InChI=1S/C28H41ClN2O4/c1-27(2,3)31(26(33)34)23-12-15-30(16-13-23)25(32)24(20-9-6-10-22(29)17-20)28(35)14-11-19-7-4-5-8-21(19)18-28/h6,9-10,17,19,21,23-24,35H,4-5,7-8,11-16,18H2,1-3H3,(H,33,34). The van der Waals surface area contributed by atoms with Crippen molar-refractivity contribution in [2.24, 2.45) is 11.8 Å². The van der Waals surface area contributed by atoms with Gasteiger partial charge in [0.05, 0.1) is 11.5 Å². The van der Waals surface area contributed by atoms with Crippen molar-refractivity contribution in [3.8, 4) is 0 Å². The van der Waals surface area contributed by atoms with Crippen molar-refractivity contribution < 1.29 is 19.8 Å². The van der Waals surface area contributed by atoms with Crippen LogP contribution < -0.4 is 0 Å². The molecule has 1 aromatic carbocycles. The van der Waals surface area contributed by atoms with Crippen molar-refractivity contribution in [3.63, 3.8) is 0 Å². The summed E-state index contributed by atoms with van der Waals surface area (Å²) in [5, 5.41) is 22.4. The van der Waals surface area contributed by atoms with E-state index in [2.05, 4.69) is 0 Å². The molecule has 3 fully saturated rings. The average molecular weight is 505 g/mol. The summed E-state index contributed by atoms with van der Waals surface area (Å²) in [6.45, 7) is 6.70. The lowest BCUT2D eigenvalue weighted by Gasteiger charge is -2.49. The van der Waals surface area contributed by atoms with Crippen LogP contribution in [0.2, 0.25) is 5.02 Å². The van der Waals surface area contributed by atoms with Gasteiger partial charge in [0.2, 0.25) is 5.91 Å². The Balaban J connectivity index is 1.56. The van der Waals surface area contributed by atoms with Gasteiger partial charge in [0, 0.05) is 29.7 Å². The van der Waals surface area contributed by atoms with Crippen molar-refractivity contribution in [1.29, 1.82) is 0 Å². The number of piperidine rings is 1. The zero-order valence-corrected chi connectivity index (χ0v) is 22.1. The molecule has 0 radical (unpaired) electrons. The van der Waals surface area contributed by atoms with E-state index in [1.807, 2.05) is 43.9 Å². The number of aliphatic hydroxyl groups is 1. The molecule has 4 atom stereocenters. The van der Waals surface area contributed by atoms with E-state index in [0.717, 1.165) is 18.4 Å². The highest BCUT2D eigenvalue weighted by molar-refractivity contribution is 6.30. The molecule has 0 bridgehead atoms. The second kappa shape index (κ2) is 10.3. The molecule has 194 valence electrons. The molecule has 2 N–H and O–H groups in total. The Kier molecular flexibility index (Phi) is 7.73. The third kappa shape index (κ3) is 5.64. The van der Waals surface area contributed by atoms with E-state index in [1.54, 1.807) is 6.07 Å². The summed E-state index contributed by atoms with van der Waals surface area (Å²) in [4.78, 5) is 29.4. The molecule has 1 heterocycles. The normalized spacial score (nSPS) is 28.8. The first-order chi connectivity index (χ1) is 16.5. The first kappa shape index (κ1) is 26.3. The smallest absolute Gasteiger partial charge is 0.407 e. The van der Waals surface area contributed by atoms with E-state index in [4.69, 9.17) is 11.6 Å². The number of benzene rings is 1. The van der Waals surface area contributed by atoms with Gasteiger partial charge in [-0.15, -0.1) is 0 Å². The second-order valence-corrected chi connectivity index (χ2v) is 12.5. The van der Waals surface area contributed by atoms with Crippen LogP contribution in [0, 0.1) is 11.8 Å². The Morgan fingerprint density at radius 1 is 1.09 bits per heavy atom. The fraction of sp³-hybridized carbons (Fsp3) is 0.714. The molecule has 35 heavy (non-hydrogen) atoms. The third-order valence-electron chi connectivity index (χ3n) is 8.67. The highest BCUT2D eigenvalue weighted by Gasteiger charge is 2.50. The van der Waals surface area contributed by atoms with Crippen LogP contribution in [-0.4, -0.2) is 62.3 Å². The molecule has 2 aliphatic carbocycles.